The van der Waals surface area contributed by atoms with Gasteiger partial charge in [-0.3, -0.25) is 9.91 Å². The van der Waals surface area contributed by atoms with Crippen LogP contribution >= 0.6 is 0 Å². The van der Waals surface area contributed by atoms with Crippen LogP contribution in [0.25, 0.3) is 0 Å². The maximum Gasteiger partial charge on any atom is 0.199 e. The van der Waals surface area contributed by atoms with Gasteiger partial charge in [-0.15, -0.1) is 0 Å². The number of aliphatic hydroxyl groups excluding tert-OH is 1. The second-order valence-electron chi connectivity index (χ2n) is 3.55. The summed E-state index contributed by atoms with van der Waals surface area (Å²) in [4.78, 5) is 1.62. The van der Waals surface area contributed by atoms with Crippen LogP contribution in [-0.4, -0.2) is 30.5 Å². The highest BCUT2D eigenvalue weighted by atomic mass is 16.3. The Kier molecular flexibility index (Phi) is 3.46. The molecule has 0 fully saturated rings. The molecule has 0 bridgehead atoms. The van der Waals surface area contributed by atoms with Gasteiger partial charge in [-0.25, -0.2) is 5.84 Å². The second-order valence-corrected chi connectivity index (χ2v) is 3.55. The van der Waals surface area contributed by atoms with E-state index in [1.807, 2.05) is 31.2 Å². The lowest BCUT2D eigenvalue weighted by Crippen LogP contribution is -2.49. The van der Waals surface area contributed by atoms with E-state index in [-0.39, 0.29) is 0 Å². The Balaban J connectivity index is 2.78. The standard InChI is InChI=1S/C10H17N3O/c1-8-4-6-9(7-5-8)13(11)10(14)12(2)3/h4-7,10,14H,11H2,1-3H3. The number of hydrogen-bond donors (Lipinski definition) is 2. The van der Waals surface area contributed by atoms with Gasteiger partial charge in [0.1, 0.15) is 0 Å². The van der Waals surface area contributed by atoms with Gasteiger partial charge in [0.2, 0.25) is 0 Å². The van der Waals surface area contributed by atoms with Gasteiger partial charge in [0.15, 0.2) is 6.35 Å². The molecule has 0 radical (unpaired) electrons. The Morgan fingerprint density at radius 3 is 2.14 bits per heavy atom. The summed E-state index contributed by atoms with van der Waals surface area (Å²) in [7, 11) is 3.53. The van der Waals surface area contributed by atoms with E-state index < -0.39 is 6.35 Å². The van der Waals surface area contributed by atoms with Gasteiger partial charge in [-0.2, -0.15) is 0 Å². The summed E-state index contributed by atoms with van der Waals surface area (Å²) in [5.41, 5.74) is 1.96. The summed E-state index contributed by atoms with van der Waals surface area (Å²) in [6.45, 7) is 2.01. The van der Waals surface area contributed by atoms with Crippen molar-refractivity contribution in [2.45, 2.75) is 13.3 Å². The lowest BCUT2D eigenvalue weighted by atomic mass is 10.2. The predicted molar refractivity (Wildman–Crippen MR) is 57.5 cm³/mol. The average molecular weight is 195 g/mol. The summed E-state index contributed by atoms with van der Waals surface area (Å²) in [6, 6.07) is 7.67. The number of rotatable bonds is 3. The van der Waals surface area contributed by atoms with Gasteiger partial charge in [-0.05, 0) is 33.2 Å². The molecule has 0 heterocycles. The molecule has 78 valence electrons. The molecule has 1 unspecified atom stereocenters. The van der Waals surface area contributed by atoms with E-state index >= 15 is 0 Å². The fourth-order valence-electron chi connectivity index (χ4n) is 1.10. The molecular weight excluding hydrogens is 178 g/mol. The van der Waals surface area contributed by atoms with Gasteiger partial charge in [0.05, 0.1) is 5.69 Å². The number of aliphatic hydroxyl groups is 1. The third kappa shape index (κ3) is 2.45. The van der Waals surface area contributed by atoms with Gasteiger partial charge in [0.25, 0.3) is 0 Å². The van der Waals surface area contributed by atoms with Crippen molar-refractivity contribution in [2.75, 3.05) is 19.1 Å². The minimum atomic E-state index is -0.808. The molecule has 0 spiro atoms. The minimum absolute atomic E-state index is 0.789. The van der Waals surface area contributed by atoms with Crippen LogP contribution in [0, 0.1) is 6.92 Å². The summed E-state index contributed by atoms with van der Waals surface area (Å²) in [5.74, 6) is 5.73. The highest BCUT2D eigenvalue weighted by molar-refractivity contribution is 5.46. The molecule has 3 N–H and O–H groups in total. The number of aryl methyl sites for hydroxylation is 1. The third-order valence-electron chi connectivity index (χ3n) is 2.04. The first-order chi connectivity index (χ1) is 6.52. The Morgan fingerprint density at radius 2 is 1.71 bits per heavy atom. The molecule has 4 heteroatoms. The maximum atomic E-state index is 9.64. The molecular formula is C10H17N3O. The Labute approximate surface area is 84.5 Å². The molecule has 1 rings (SSSR count). The van der Waals surface area contributed by atoms with Crippen LogP contribution in [0.3, 0.4) is 0 Å². The van der Waals surface area contributed by atoms with E-state index in [1.165, 1.54) is 10.6 Å². The van der Waals surface area contributed by atoms with Crippen molar-refractivity contribution in [3.63, 3.8) is 0 Å². The quantitative estimate of drug-likeness (QED) is 0.419. The fraction of sp³-hybridized carbons (Fsp3) is 0.400. The molecule has 1 atom stereocenters. The van der Waals surface area contributed by atoms with Crippen molar-refractivity contribution >= 4 is 5.69 Å². The Morgan fingerprint density at radius 1 is 1.21 bits per heavy atom. The molecule has 0 aliphatic carbocycles. The van der Waals surface area contributed by atoms with Crippen LogP contribution in [0.15, 0.2) is 24.3 Å². The van der Waals surface area contributed by atoms with E-state index in [2.05, 4.69) is 0 Å². The molecule has 0 aromatic heterocycles. The van der Waals surface area contributed by atoms with Crippen LogP contribution in [0.2, 0.25) is 0 Å². The molecule has 1 aromatic rings. The molecule has 0 saturated carbocycles. The summed E-state index contributed by atoms with van der Waals surface area (Å²) >= 11 is 0. The van der Waals surface area contributed by atoms with Crippen LogP contribution in [0.1, 0.15) is 5.56 Å². The van der Waals surface area contributed by atoms with Gasteiger partial charge < -0.3 is 5.11 Å². The molecule has 1 aromatic carbocycles. The van der Waals surface area contributed by atoms with Crippen LogP contribution in [0.4, 0.5) is 5.69 Å². The number of anilines is 1. The lowest BCUT2D eigenvalue weighted by molar-refractivity contribution is 0.0373. The average Bonchev–Trinajstić information content (AvgIpc) is 2.16. The van der Waals surface area contributed by atoms with Gasteiger partial charge >= 0.3 is 0 Å². The van der Waals surface area contributed by atoms with E-state index in [0.717, 1.165) is 5.69 Å². The lowest BCUT2D eigenvalue weighted by Gasteiger charge is -2.29. The number of nitrogens with zero attached hydrogens (tertiary/aromatic N) is 2. The van der Waals surface area contributed by atoms with E-state index in [9.17, 15) is 5.11 Å². The van der Waals surface area contributed by atoms with Gasteiger partial charge in [-0.1, -0.05) is 17.7 Å². The molecule has 0 saturated heterocycles. The van der Waals surface area contributed by atoms with E-state index in [1.54, 1.807) is 19.0 Å². The molecule has 0 amide bonds. The summed E-state index contributed by atoms with van der Waals surface area (Å²) < 4.78 is 0. The number of hydrazine groups is 1. The van der Waals surface area contributed by atoms with Crippen molar-refractivity contribution in [3.8, 4) is 0 Å². The minimum Gasteiger partial charge on any atom is -0.360 e. The van der Waals surface area contributed by atoms with E-state index in [0.29, 0.717) is 0 Å². The number of hydrogen-bond acceptors (Lipinski definition) is 4. The zero-order chi connectivity index (χ0) is 10.7. The smallest absolute Gasteiger partial charge is 0.199 e. The second kappa shape index (κ2) is 4.41. The Hall–Kier alpha value is -1.10. The highest BCUT2D eigenvalue weighted by Crippen LogP contribution is 2.13. The largest absolute Gasteiger partial charge is 0.360 e. The number of nitrogens with two attached hydrogens (primary N) is 1. The zero-order valence-corrected chi connectivity index (χ0v) is 8.81. The first-order valence-corrected chi connectivity index (χ1v) is 4.47. The van der Waals surface area contributed by atoms with Crippen molar-refractivity contribution < 1.29 is 5.11 Å². The summed E-state index contributed by atoms with van der Waals surface area (Å²) in [5, 5.41) is 11.0. The van der Waals surface area contributed by atoms with Gasteiger partial charge in [0, 0.05) is 0 Å². The van der Waals surface area contributed by atoms with E-state index in [4.69, 9.17) is 5.84 Å². The number of benzene rings is 1. The predicted octanol–water partition coefficient (Wildman–Crippen LogP) is 0.513. The molecule has 0 aliphatic heterocycles. The maximum absolute atomic E-state index is 9.64. The molecule has 14 heavy (non-hydrogen) atoms. The third-order valence-corrected chi connectivity index (χ3v) is 2.04. The topological polar surface area (TPSA) is 52.7 Å². The van der Waals surface area contributed by atoms with Crippen LogP contribution in [0.5, 0.6) is 0 Å². The first-order valence-electron chi connectivity index (χ1n) is 4.47. The summed E-state index contributed by atoms with van der Waals surface area (Å²) in [6.07, 6.45) is -0.808. The SMILES string of the molecule is Cc1ccc(N(N)C(O)N(C)C)cc1. The fourth-order valence-corrected chi connectivity index (χ4v) is 1.10. The van der Waals surface area contributed by atoms with Crippen LogP contribution in [-0.2, 0) is 0 Å². The van der Waals surface area contributed by atoms with Crippen molar-refractivity contribution in [2.24, 2.45) is 5.84 Å². The molecule has 0 aliphatic rings. The molecule has 4 nitrogen and oxygen atoms in total. The van der Waals surface area contributed by atoms with Crippen molar-refractivity contribution in [1.29, 1.82) is 0 Å². The zero-order valence-electron chi connectivity index (χ0n) is 8.81. The van der Waals surface area contributed by atoms with Crippen LogP contribution < -0.4 is 10.9 Å². The highest BCUT2D eigenvalue weighted by Gasteiger charge is 2.13. The normalized spacial score (nSPS) is 13.0. The Bertz CT molecular complexity index is 284. The van der Waals surface area contributed by atoms with Crippen molar-refractivity contribution in [3.05, 3.63) is 29.8 Å². The van der Waals surface area contributed by atoms with Crippen molar-refractivity contribution in [1.82, 2.24) is 4.90 Å². The monoisotopic (exact) mass is 195 g/mol. The first kappa shape index (κ1) is 11.0.